The summed E-state index contributed by atoms with van der Waals surface area (Å²) < 4.78 is 5.22. The number of fused-ring (bicyclic) bond motifs is 1. The number of carbonyl (C=O) groups is 1. The Labute approximate surface area is 131 Å². The highest BCUT2D eigenvalue weighted by atomic mass is 16.6. The molecular formula is C18H23NO3. The summed E-state index contributed by atoms with van der Waals surface area (Å²) in [5.74, 6) is 0. The summed E-state index contributed by atoms with van der Waals surface area (Å²) >= 11 is 0. The molecule has 0 saturated carbocycles. The Balaban J connectivity index is 2.03. The second-order valence-electron chi connectivity index (χ2n) is 6.41. The summed E-state index contributed by atoms with van der Waals surface area (Å²) in [5.41, 5.74) is 0.515. The summed E-state index contributed by atoms with van der Waals surface area (Å²) in [6.45, 7) is 5.30. The smallest absolute Gasteiger partial charge is 0.407 e. The van der Waals surface area contributed by atoms with Gasteiger partial charge in [0.25, 0.3) is 0 Å². The molecule has 118 valence electrons. The van der Waals surface area contributed by atoms with Gasteiger partial charge in [0.1, 0.15) is 5.60 Å². The van der Waals surface area contributed by atoms with E-state index in [9.17, 15) is 9.90 Å². The summed E-state index contributed by atoms with van der Waals surface area (Å²) in [6.07, 6.45) is 0.0490. The van der Waals surface area contributed by atoms with Crippen molar-refractivity contribution in [2.75, 3.05) is 6.61 Å². The predicted octanol–water partition coefficient (Wildman–Crippen LogP) is 3.27. The lowest BCUT2D eigenvalue weighted by Gasteiger charge is -2.22. The van der Waals surface area contributed by atoms with Crippen LogP contribution < -0.4 is 5.32 Å². The lowest BCUT2D eigenvalue weighted by molar-refractivity contribution is 0.0483. The normalized spacial score (nSPS) is 12.9. The van der Waals surface area contributed by atoms with Crippen molar-refractivity contribution >= 4 is 16.9 Å². The zero-order valence-electron chi connectivity index (χ0n) is 13.3. The first-order valence-electron chi connectivity index (χ1n) is 7.45. The van der Waals surface area contributed by atoms with Gasteiger partial charge in [-0.15, -0.1) is 0 Å². The van der Waals surface area contributed by atoms with Crippen molar-refractivity contribution in [1.82, 2.24) is 5.32 Å². The van der Waals surface area contributed by atoms with Crippen LogP contribution >= 0.6 is 0 Å². The Morgan fingerprint density at radius 2 is 1.86 bits per heavy atom. The molecule has 2 aromatic carbocycles. The first-order valence-corrected chi connectivity index (χ1v) is 7.45. The Hall–Kier alpha value is -2.07. The van der Waals surface area contributed by atoms with Crippen LogP contribution in [0.4, 0.5) is 4.79 Å². The first kappa shape index (κ1) is 16.3. The number of hydrogen-bond donors (Lipinski definition) is 2. The first-order chi connectivity index (χ1) is 10.4. The lowest BCUT2D eigenvalue weighted by atomic mass is 10.0. The van der Waals surface area contributed by atoms with Crippen LogP contribution in [0.5, 0.6) is 0 Å². The molecule has 0 aliphatic rings. The molecular weight excluding hydrogens is 278 g/mol. The van der Waals surface area contributed by atoms with Gasteiger partial charge >= 0.3 is 6.09 Å². The highest BCUT2D eigenvalue weighted by Crippen LogP contribution is 2.17. The highest BCUT2D eigenvalue weighted by molar-refractivity contribution is 5.83. The van der Waals surface area contributed by atoms with E-state index < -0.39 is 11.7 Å². The third-order valence-electron chi connectivity index (χ3n) is 3.24. The molecule has 2 N–H and O–H groups in total. The van der Waals surface area contributed by atoms with Gasteiger partial charge in [0.05, 0.1) is 12.6 Å². The molecule has 1 amide bonds. The van der Waals surface area contributed by atoms with Gasteiger partial charge in [0.2, 0.25) is 0 Å². The summed E-state index contributed by atoms with van der Waals surface area (Å²) in [6, 6.07) is 13.9. The van der Waals surface area contributed by atoms with E-state index in [1.165, 1.54) is 5.39 Å². The fourth-order valence-electron chi connectivity index (χ4n) is 2.29. The molecule has 4 heteroatoms. The van der Waals surface area contributed by atoms with Crippen LogP contribution in [0.25, 0.3) is 10.8 Å². The maximum Gasteiger partial charge on any atom is 0.407 e. The molecule has 1 atom stereocenters. The van der Waals surface area contributed by atoms with E-state index >= 15 is 0 Å². The number of benzene rings is 2. The van der Waals surface area contributed by atoms with E-state index in [-0.39, 0.29) is 12.6 Å². The number of aliphatic hydroxyl groups excluding tert-OH is 1. The third-order valence-corrected chi connectivity index (χ3v) is 3.24. The van der Waals surface area contributed by atoms with Crippen molar-refractivity contribution in [3.8, 4) is 0 Å². The van der Waals surface area contributed by atoms with E-state index in [1.54, 1.807) is 0 Å². The molecule has 0 heterocycles. The maximum atomic E-state index is 11.8. The number of aliphatic hydroxyl groups is 1. The number of carbonyl (C=O) groups excluding carboxylic acids is 1. The number of amides is 1. The number of nitrogens with one attached hydrogen (secondary N) is 1. The molecule has 2 aromatic rings. The van der Waals surface area contributed by atoms with Crippen LogP contribution in [-0.4, -0.2) is 29.4 Å². The van der Waals surface area contributed by atoms with Gasteiger partial charge in [-0.05, 0) is 43.5 Å². The minimum Gasteiger partial charge on any atom is -0.444 e. The Morgan fingerprint density at radius 1 is 1.18 bits per heavy atom. The SMILES string of the molecule is CC(C)(C)OC(=O)N[C@H](CO)Cc1ccc2ccccc2c1. The lowest BCUT2D eigenvalue weighted by Crippen LogP contribution is -2.42. The van der Waals surface area contributed by atoms with Crippen LogP contribution in [-0.2, 0) is 11.2 Å². The van der Waals surface area contributed by atoms with Gasteiger partial charge in [0.15, 0.2) is 0 Å². The van der Waals surface area contributed by atoms with Crippen molar-refractivity contribution in [2.45, 2.75) is 38.8 Å². The van der Waals surface area contributed by atoms with Gasteiger partial charge in [-0.1, -0.05) is 42.5 Å². The molecule has 0 radical (unpaired) electrons. The van der Waals surface area contributed by atoms with Crippen molar-refractivity contribution in [1.29, 1.82) is 0 Å². The number of ether oxygens (including phenoxy) is 1. The van der Waals surface area contributed by atoms with Crippen molar-refractivity contribution in [2.24, 2.45) is 0 Å². The second-order valence-corrected chi connectivity index (χ2v) is 6.41. The van der Waals surface area contributed by atoms with Crippen LogP contribution in [0.15, 0.2) is 42.5 Å². The zero-order valence-corrected chi connectivity index (χ0v) is 13.3. The van der Waals surface area contributed by atoms with E-state index in [0.717, 1.165) is 10.9 Å². The highest BCUT2D eigenvalue weighted by Gasteiger charge is 2.19. The Morgan fingerprint density at radius 3 is 2.50 bits per heavy atom. The largest absolute Gasteiger partial charge is 0.444 e. The monoisotopic (exact) mass is 301 g/mol. The topological polar surface area (TPSA) is 58.6 Å². The second kappa shape index (κ2) is 6.79. The molecule has 0 aliphatic carbocycles. The van der Waals surface area contributed by atoms with E-state index in [4.69, 9.17) is 4.74 Å². The fraction of sp³-hybridized carbons (Fsp3) is 0.389. The molecule has 0 aliphatic heterocycles. The van der Waals surface area contributed by atoms with Crippen LogP contribution in [0, 0.1) is 0 Å². The van der Waals surface area contributed by atoms with Gasteiger partial charge in [0, 0.05) is 0 Å². The summed E-state index contributed by atoms with van der Waals surface area (Å²) in [5, 5.41) is 14.5. The fourth-order valence-corrected chi connectivity index (χ4v) is 2.29. The quantitative estimate of drug-likeness (QED) is 0.911. The predicted molar refractivity (Wildman–Crippen MR) is 87.9 cm³/mol. The molecule has 0 unspecified atom stereocenters. The number of alkyl carbamates (subject to hydrolysis) is 1. The molecule has 0 aromatic heterocycles. The molecule has 4 nitrogen and oxygen atoms in total. The molecule has 0 bridgehead atoms. The van der Waals surface area contributed by atoms with E-state index in [2.05, 4.69) is 17.4 Å². The van der Waals surface area contributed by atoms with E-state index in [1.807, 2.05) is 51.1 Å². The van der Waals surface area contributed by atoms with Crippen molar-refractivity contribution < 1.29 is 14.6 Å². The average Bonchev–Trinajstić information content (AvgIpc) is 2.44. The van der Waals surface area contributed by atoms with Gasteiger partial charge in [-0.2, -0.15) is 0 Å². The molecule has 2 rings (SSSR count). The average molecular weight is 301 g/mol. The van der Waals surface area contributed by atoms with Gasteiger partial charge in [-0.3, -0.25) is 0 Å². The molecule has 0 fully saturated rings. The Kier molecular flexibility index (Phi) is 5.03. The van der Waals surface area contributed by atoms with Gasteiger partial charge in [-0.25, -0.2) is 4.79 Å². The molecule has 22 heavy (non-hydrogen) atoms. The molecule has 0 saturated heterocycles. The van der Waals surface area contributed by atoms with Crippen LogP contribution in [0.3, 0.4) is 0 Å². The minimum absolute atomic E-state index is 0.133. The Bertz CT molecular complexity index is 646. The summed E-state index contributed by atoms with van der Waals surface area (Å²) in [4.78, 5) is 11.8. The number of hydrogen-bond acceptors (Lipinski definition) is 3. The molecule has 0 spiro atoms. The zero-order chi connectivity index (χ0) is 16.2. The number of rotatable bonds is 4. The standard InChI is InChI=1S/C18H23NO3/c1-18(2,3)22-17(21)19-16(12-20)11-13-8-9-14-6-4-5-7-15(14)10-13/h4-10,16,20H,11-12H2,1-3H3,(H,19,21)/t16-/m0/s1. The third kappa shape index (κ3) is 4.74. The van der Waals surface area contributed by atoms with Crippen molar-refractivity contribution in [3.63, 3.8) is 0 Å². The van der Waals surface area contributed by atoms with Gasteiger partial charge < -0.3 is 15.2 Å². The van der Waals surface area contributed by atoms with Crippen LogP contribution in [0.1, 0.15) is 26.3 Å². The van der Waals surface area contributed by atoms with Crippen molar-refractivity contribution in [3.05, 3.63) is 48.0 Å². The van der Waals surface area contributed by atoms with Crippen LogP contribution in [0.2, 0.25) is 0 Å². The maximum absolute atomic E-state index is 11.8. The summed E-state index contributed by atoms with van der Waals surface area (Å²) in [7, 11) is 0. The van der Waals surface area contributed by atoms with E-state index in [0.29, 0.717) is 6.42 Å². The minimum atomic E-state index is -0.549.